The van der Waals surface area contributed by atoms with Crippen molar-refractivity contribution in [2.45, 2.75) is 18.6 Å². The van der Waals surface area contributed by atoms with Crippen LogP contribution in [0.2, 0.25) is 0 Å². The van der Waals surface area contributed by atoms with Crippen LogP contribution in [-0.2, 0) is 9.63 Å². The molecule has 0 saturated heterocycles. The van der Waals surface area contributed by atoms with E-state index in [1.807, 2.05) is 24.3 Å². The highest BCUT2D eigenvalue weighted by Crippen LogP contribution is 2.34. The Bertz CT molecular complexity index is 381. The summed E-state index contributed by atoms with van der Waals surface area (Å²) in [7, 11) is 0. The van der Waals surface area contributed by atoms with E-state index in [2.05, 4.69) is 5.48 Å². The van der Waals surface area contributed by atoms with Crippen LogP contribution in [0.15, 0.2) is 24.3 Å². The Kier molecular flexibility index (Phi) is 2.57. The first-order chi connectivity index (χ1) is 7.18. The van der Waals surface area contributed by atoms with Gasteiger partial charge in [-0.2, -0.15) is 0 Å². The molecular formula is C10H12N2O3. The number of rotatable bonds is 3. The highest BCUT2D eigenvalue weighted by Gasteiger charge is 2.27. The smallest absolute Gasteiger partial charge is 0.320 e. The van der Waals surface area contributed by atoms with Crippen LogP contribution in [0.25, 0.3) is 0 Å². The van der Waals surface area contributed by atoms with Gasteiger partial charge in [0.2, 0.25) is 0 Å². The number of benzene rings is 1. The fourth-order valence-electron chi connectivity index (χ4n) is 1.58. The van der Waals surface area contributed by atoms with Crippen LogP contribution < -0.4 is 11.2 Å². The van der Waals surface area contributed by atoms with Crippen LogP contribution in [0.5, 0.6) is 0 Å². The van der Waals surface area contributed by atoms with Crippen molar-refractivity contribution in [3.05, 3.63) is 29.8 Å². The first-order valence-corrected chi connectivity index (χ1v) is 4.67. The van der Waals surface area contributed by atoms with Crippen LogP contribution in [-0.4, -0.2) is 17.1 Å². The van der Waals surface area contributed by atoms with Gasteiger partial charge in [0.05, 0.1) is 5.69 Å². The molecule has 1 aliphatic heterocycles. The summed E-state index contributed by atoms with van der Waals surface area (Å²) in [6, 6.07) is 6.64. The molecule has 80 valence electrons. The molecule has 2 rings (SSSR count). The van der Waals surface area contributed by atoms with Gasteiger partial charge in [0.15, 0.2) is 0 Å². The van der Waals surface area contributed by atoms with Crippen molar-refractivity contribution in [2.75, 3.05) is 5.48 Å². The second-order valence-corrected chi connectivity index (χ2v) is 3.48. The molecule has 0 bridgehead atoms. The van der Waals surface area contributed by atoms with Crippen LogP contribution in [0.1, 0.15) is 18.1 Å². The van der Waals surface area contributed by atoms with Crippen molar-refractivity contribution < 1.29 is 14.7 Å². The molecule has 0 aromatic heterocycles. The summed E-state index contributed by atoms with van der Waals surface area (Å²) >= 11 is 0. The molecule has 0 spiro atoms. The molecule has 0 radical (unpaired) electrons. The van der Waals surface area contributed by atoms with Gasteiger partial charge in [-0.1, -0.05) is 18.2 Å². The normalized spacial score (nSPS) is 20.5. The summed E-state index contributed by atoms with van der Waals surface area (Å²) in [6.07, 6.45) is -0.0217. The zero-order chi connectivity index (χ0) is 10.8. The third-order valence-electron chi connectivity index (χ3n) is 2.40. The lowest BCUT2D eigenvalue weighted by atomic mass is 10.0. The van der Waals surface area contributed by atoms with E-state index in [0.29, 0.717) is 0 Å². The molecule has 1 aromatic rings. The molecule has 1 aromatic carbocycles. The van der Waals surface area contributed by atoms with Gasteiger partial charge in [-0.3, -0.25) is 15.1 Å². The number of carboxylic acid groups (broad SMARTS) is 1. The quantitative estimate of drug-likeness (QED) is 0.686. The number of nitrogens with one attached hydrogen (secondary N) is 1. The maximum atomic E-state index is 10.6. The van der Waals surface area contributed by atoms with Crippen molar-refractivity contribution in [1.29, 1.82) is 0 Å². The van der Waals surface area contributed by atoms with Crippen molar-refractivity contribution >= 4 is 11.7 Å². The predicted octanol–water partition coefficient (Wildman–Crippen LogP) is 0.887. The number of anilines is 1. The molecule has 5 nitrogen and oxygen atoms in total. The molecule has 0 amide bonds. The Hall–Kier alpha value is -1.59. The number of hydrogen-bond donors (Lipinski definition) is 3. The van der Waals surface area contributed by atoms with Crippen molar-refractivity contribution in [2.24, 2.45) is 5.73 Å². The first kappa shape index (κ1) is 9.95. The third-order valence-corrected chi connectivity index (χ3v) is 2.40. The zero-order valence-corrected chi connectivity index (χ0v) is 8.01. The minimum Gasteiger partial charge on any atom is -0.480 e. The predicted molar refractivity (Wildman–Crippen MR) is 54.1 cm³/mol. The Morgan fingerprint density at radius 3 is 3.07 bits per heavy atom. The van der Waals surface area contributed by atoms with Crippen LogP contribution >= 0.6 is 0 Å². The maximum absolute atomic E-state index is 10.6. The fraction of sp³-hybridized carbons (Fsp3) is 0.300. The molecule has 2 atom stereocenters. The summed E-state index contributed by atoms with van der Waals surface area (Å²) in [6.45, 7) is 0. The third kappa shape index (κ3) is 1.93. The molecular weight excluding hydrogens is 196 g/mol. The Morgan fingerprint density at radius 1 is 1.60 bits per heavy atom. The van der Waals surface area contributed by atoms with Crippen LogP contribution in [0.3, 0.4) is 0 Å². The molecule has 1 aliphatic rings. The Morgan fingerprint density at radius 2 is 2.33 bits per heavy atom. The second kappa shape index (κ2) is 3.88. The van der Waals surface area contributed by atoms with Gasteiger partial charge >= 0.3 is 5.97 Å². The lowest BCUT2D eigenvalue weighted by molar-refractivity contribution is -0.139. The number of nitrogens with two attached hydrogens (primary N) is 1. The van der Waals surface area contributed by atoms with E-state index >= 15 is 0 Å². The minimum absolute atomic E-state index is 0.263. The maximum Gasteiger partial charge on any atom is 0.320 e. The monoisotopic (exact) mass is 208 g/mol. The molecule has 4 N–H and O–H groups in total. The zero-order valence-electron chi connectivity index (χ0n) is 8.01. The lowest BCUT2D eigenvalue weighted by Crippen LogP contribution is -2.31. The van der Waals surface area contributed by atoms with Crippen LogP contribution in [0.4, 0.5) is 5.69 Å². The summed E-state index contributed by atoms with van der Waals surface area (Å²) in [5.41, 5.74) is 10.0. The summed E-state index contributed by atoms with van der Waals surface area (Å²) < 4.78 is 0. The SMILES string of the molecule is NC(CC1ONc2ccccc21)C(=O)O. The van der Waals surface area contributed by atoms with Crippen LogP contribution in [0, 0.1) is 0 Å². The number of carbonyl (C=O) groups is 1. The Labute approximate surface area is 86.8 Å². The van der Waals surface area contributed by atoms with E-state index in [0.717, 1.165) is 11.3 Å². The van der Waals surface area contributed by atoms with Gasteiger partial charge in [-0.05, 0) is 6.07 Å². The molecule has 15 heavy (non-hydrogen) atoms. The number of aliphatic carboxylic acids is 1. The topological polar surface area (TPSA) is 84.6 Å². The van der Waals surface area contributed by atoms with Gasteiger partial charge in [0.25, 0.3) is 0 Å². The van der Waals surface area contributed by atoms with Crippen molar-refractivity contribution in [1.82, 2.24) is 0 Å². The molecule has 2 unspecified atom stereocenters. The minimum atomic E-state index is -1.01. The van der Waals surface area contributed by atoms with E-state index in [9.17, 15) is 4.79 Å². The summed E-state index contributed by atoms with van der Waals surface area (Å²) in [5, 5.41) is 8.69. The van der Waals surface area contributed by atoms with E-state index in [4.69, 9.17) is 15.7 Å². The molecule has 0 saturated carbocycles. The number of fused-ring (bicyclic) bond motifs is 1. The van der Waals surface area contributed by atoms with E-state index in [1.165, 1.54) is 0 Å². The summed E-state index contributed by atoms with van der Waals surface area (Å²) in [4.78, 5) is 15.8. The molecule has 5 heteroatoms. The van der Waals surface area contributed by atoms with Gasteiger partial charge in [-0.15, -0.1) is 0 Å². The lowest BCUT2D eigenvalue weighted by Gasteiger charge is -2.11. The van der Waals surface area contributed by atoms with Crippen molar-refractivity contribution in [3.63, 3.8) is 0 Å². The Balaban J connectivity index is 2.11. The van der Waals surface area contributed by atoms with E-state index in [-0.39, 0.29) is 12.5 Å². The number of para-hydroxylation sites is 1. The highest BCUT2D eigenvalue weighted by molar-refractivity contribution is 5.73. The van der Waals surface area contributed by atoms with Gasteiger partial charge < -0.3 is 10.8 Å². The number of hydrogen-bond acceptors (Lipinski definition) is 4. The standard InChI is InChI=1S/C10H12N2O3/c11-7(10(13)14)5-9-6-3-1-2-4-8(6)12-15-9/h1-4,7,9,12H,5,11H2,(H,13,14). The second-order valence-electron chi connectivity index (χ2n) is 3.48. The summed E-state index contributed by atoms with van der Waals surface area (Å²) in [5.74, 6) is -1.01. The first-order valence-electron chi connectivity index (χ1n) is 4.67. The van der Waals surface area contributed by atoms with Gasteiger partial charge in [0.1, 0.15) is 12.1 Å². The van der Waals surface area contributed by atoms with Gasteiger partial charge in [0, 0.05) is 12.0 Å². The number of carboxylic acids is 1. The average Bonchev–Trinajstić information content (AvgIpc) is 2.62. The molecule has 1 heterocycles. The van der Waals surface area contributed by atoms with E-state index < -0.39 is 12.0 Å². The average molecular weight is 208 g/mol. The largest absolute Gasteiger partial charge is 0.480 e. The fourth-order valence-corrected chi connectivity index (χ4v) is 1.58. The molecule has 0 fully saturated rings. The van der Waals surface area contributed by atoms with E-state index in [1.54, 1.807) is 0 Å². The highest BCUT2D eigenvalue weighted by atomic mass is 16.7. The molecule has 0 aliphatic carbocycles. The van der Waals surface area contributed by atoms with Crippen molar-refractivity contribution in [3.8, 4) is 0 Å². The van der Waals surface area contributed by atoms with Gasteiger partial charge in [-0.25, -0.2) is 0 Å².